The van der Waals surface area contributed by atoms with Crippen molar-refractivity contribution in [1.29, 1.82) is 0 Å². The molecular formula is C23H32N2O4. The number of nitrogens with zero attached hydrogens (tertiary/aromatic N) is 1. The molecule has 1 aromatic carbocycles. The first-order valence-electron chi connectivity index (χ1n) is 10.5. The molecule has 0 bridgehead atoms. The zero-order chi connectivity index (χ0) is 21.3. The molecule has 0 radical (unpaired) electrons. The fraction of sp³-hybridized carbons (Fsp3) is 0.609. The molecule has 6 heteroatoms. The van der Waals surface area contributed by atoms with Gasteiger partial charge < -0.3 is 10.1 Å². The quantitative estimate of drug-likeness (QED) is 0.603. The highest BCUT2D eigenvalue weighted by Crippen LogP contribution is 2.35. The summed E-state index contributed by atoms with van der Waals surface area (Å²) in [4.78, 5) is 39.1. The number of ether oxygens (including phenoxy) is 1. The van der Waals surface area contributed by atoms with Gasteiger partial charge in [0.1, 0.15) is 18.2 Å². The summed E-state index contributed by atoms with van der Waals surface area (Å²) >= 11 is 0. The highest BCUT2D eigenvalue weighted by molar-refractivity contribution is 6.08. The Kier molecular flexibility index (Phi) is 6.01. The highest BCUT2D eigenvalue weighted by atomic mass is 16.5. The lowest BCUT2D eigenvalue weighted by Gasteiger charge is -2.36. The molecule has 1 saturated heterocycles. The minimum Gasteiger partial charge on any atom is -0.461 e. The second kappa shape index (κ2) is 8.17. The van der Waals surface area contributed by atoms with E-state index in [1.165, 1.54) is 0 Å². The number of carbonyl (C=O) groups excluding carboxylic acids is 3. The van der Waals surface area contributed by atoms with Crippen LogP contribution in [0, 0.1) is 24.7 Å². The van der Waals surface area contributed by atoms with Crippen LogP contribution in [0.3, 0.4) is 0 Å². The third-order valence-electron chi connectivity index (χ3n) is 6.44. The predicted molar refractivity (Wildman–Crippen MR) is 110 cm³/mol. The molecule has 0 spiro atoms. The summed E-state index contributed by atoms with van der Waals surface area (Å²) in [6, 6.07) is 6.88. The van der Waals surface area contributed by atoms with Crippen molar-refractivity contribution in [2.45, 2.75) is 65.5 Å². The lowest BCUT2D eigenvalue weighted by molar-refractivity contribution is -0.158. The zero-order valence-electron chi connectivity index (χ0n) is 18.0. The molecule has 2 aliphatic rings. The SMILES string of the molecule is Cc1ccc(C2(C)NC(=O)N(CC(=O)OC3CC(C)CCC3C(C)C)C2=O)cc1. The number of aryl methyl sites for hydroxylation is 1. The van der Waals surface area contributed by atoms with Crippen LogP contribution in [0.4, 0.5) is 4.79 Å². The number of amides is 3. The van der Waals surface area contributed by atoms with Crippen LogP contribution in [-0.2, 0) is 19.9 Å². The van der Waals surface area contributed by atoms with Gasteiger partial charge in [0.2, 0.25) is 0 Å². The molecule has 29 heavy (non-hydrogen) atoms. The molecule has 158 valence electrons. The van der Waals surface area contributed by atoms with Crippen LogP contribution in [0.15, 0.2) is 24.3 Å². The Hall–Kier alpha value is -2.37. The van der Waals surface area contributed by atoms with Gasteiger partial charge in [-0.15, -0.1) is 0 Å². The Bertz CT molecular complexity index is 789. The van der Waals surface area contributed by atoms with E-state index >= 15 is 0 Å². The van der Waals surface area contributed by atoms with E-state index in [0.29, 0.717) is 23.3 Å². The number of carbonyl (C=O) groups is 3. The van der Waals surface area contributed by atoms with Gasteiger partial charge in [0.15, 0.2) is 0 Å². The Labute approximate surface area is 173 Å². The van der Waals surface area contributed by atoms with Gasteiger partial charge in [0.25, 0.3) is 5.91 Å². The molecule has 0 aromatic heterocycles. The molecule has 1 saturated carbocycles. The standard InChI is InChI=1S/C23H32N2O4/c1-14(2)18-11-8-16(4)12-19(18)29-20(26)13-25-21(27)23(5,24-22(25)28)17-9-6-15(3)7-10-17/h6-7,9-10,14,16,18-19H,8,11-13H2,1-5H3,(H,24,28). The Balaban J connectivity index is 1.69. The number of hydrogen-bond donors (Lipinski definition) is 1. The van der Waals surface area contributed by atoms with E-state index in [-0.39, 0.29) is 12.6 Å². The predicted octanol–water partition coefficient (Wildman–Crippen LogP) is 3.77. The van der Waals surface area contributed by atoms with Gasteiger partial charge in [0.05, 0.1) is 0 Å². The van der Waals surface area contributed by atoms with Crippen molar-refractivity contribution >= 4 is 17.9 Å². The van der Waals surface area contributed by atoms with Crippen LogP contribution in [0.5, 0.6) is 0 Å². The number of nitrogens with one attached hydrogen (secondary N) is 1. The summed E-state index contributed by atoms with van der Waals surface area (Å²) in [5.41, 5.74) is 0.583. The monoisotopic (exact) mass is 400 g/mol. The van der Waals surface area contributed by atoms with Gasteiger partial charge in [-0.2, -0.15) is 0 Å². The number of urea groups is 1. The molecule has 4 unspecified atom stereocenters. The molecular weight excluding hydrogens is 368 g/mol. The maximum Gasteiger partial charge on any atom is 0.326 e. The first kappa shape index (κ1) is 21.3. The van der Waals surface area contributed by atoms with Gasteiger partial charge in [-0.3, -0.25) is 14.5 Å². The summed E-state index contributed by atoms with van der Waals surface area (Å²) < 4.78 is 5.77. The highest BCUT2D eigenvalue weighted by Gasteiger charge is 2.49. The molecule has 1 N–H and O–H groups in total. The van der Waals surface area contributed by atoms with Gasteiger partial charge in [-0.1, -0.05) is 57.0 Å². The Morgan fingerprint density at radius 2 is 1.90 bits per heavy atom. The lowest BCUT2D eigenvalue weighted by atomic mass is 9.75. The van der Waals surface area contributed by atoms with Crippen molar-refractivity contribution in [1.82, 2.24) is 10.2 Å². The average Bonchev–Trinajstić information content (AvgIpc) is 2.86. The number of esters is 1. The van der Waals surface area contributed by atoms with Crippen molar-refractivity contribution in [3.8, 4) is 0 Å². The van der Waals surface area contributed by atoms with Crippen LogP contribution in [0.2, 0.25) is 0 Å². The van der Waals surface area contributed by atoms with E-state index in [1.54, 1.807) is 6.92 Å². The van der Waals surface area contributed by atoms with Crippen LogP contribution < -0.4 is 5.32 Å². The topological polar surface area (TPSA) is 75.7 Å². The van der Waals surface area contributed by atoms with Crippen LogP contribution >= 0.6 is 0 Å². The van der Waals surface area contributed by atoms with Crippen molar-refractivity contribution in [3.63, 3.8) is 0 Å². The molecule has 1 aliphatic carbocycles. The van der Waals surface area contributed by atoms with Crippen LogP contribution in [0.25, 0.3) is 0 Å². The van der Waals surface area contributed by atoms with E-state index in [2.05, 4.69) is 26.1 Å². The first-order chi connectivity index (χ1) is 13.6. The largest absolute Gasteiger partial charge is 0.461 e. The van der Waals surface area contributed by atoms with Crippen LogP contribution in [-0.4, -0.2) is 35.5 Å². The molecule has 1 heterocycles. The van der Waals surface area contributed by atoms with Crippen LogP contribution in [0.1, 0.15) is 58.1 Å². The van der Waals surface area contributed by atoms with E-state index in [1.807, 2.05) is 31.2 Å². The van der Waals surface area contributed by atoms with Gasteiger partial charge in [-0.25, -0.2) is 4.79 Å². The summed E-state index contributed by atoms with van der Waals surface area (Å²) in [5, 5.41) is 2.74. The van der Waals surface area contributed by atoms with Crippen molar-refractivity contribution < 1.29 is 19.1 Å². The number of benzene rings is 1. The van der Waals surface area contributed by atoms with Gasteiger partial charge >= 0.3 is 12.0 Å². The van der Waals surface area contributed by atoms with E-state index in [4.69, 9.17) is 4.74 Å². The normalized spacial score (nSPS) is 29.9. The van der Waals surface area contributed by atoms with E-state index in [9.17, 15) is 14.4 Å². The second-order valence-electron chi connectivity index (χ2n) is 9.17. The minimum absolute atomic E-state index is 0.157. The number of rotatable bonds is 5. The fourth-order valence-electron chi connectivity index (χ4n) is 4.51. The Morgan fingerprint density at radius 3 is 2.52 bits per heavy atom. The third-order valence-corrected chi connectivity index (χ3v) is 6.44. The Morgan fingerprint density at radius 1 is 1.24 bits per heavy atom. The molecule has 2 fully saturated rings. The molecule has 6 nitrogen and oxygen atoms in total. The first-order valence-corrected chi connectivity index (χ1v) is 10.5. The molecule has 3 rings (SSSR count). The number of hydrogen-bond acceptors (Lipinski definition) is 4. The van der Waals surface area contributed by atoms with Gasteiger partial charge in [0, 0.05) is 0 Å². The summed E-state index contributed by atoms with van der Waals surface area (Å²) in [7, 11) is 0. The van der Waals surface area contributed by atoms with Crippen molar-refractivity contribution in [2.24, 2.45) is 17.8 Å². The van der Waals surface area contributed by atoms with Gasteiger partial charge in [-0.05, 0) is 50.0 Å². The average molecular weight is 401 g/mol. The minimum atomic E-state index is -1.18. The van der Waals surface area contributed by atoms with Crippen molar-refractivity contribution in [3.05, 3.63) is 35.4 Å². The molecule has 3 amide bonds. The second-order valence-corrected chi connectivity index (χ2v) is 9.17. The summed E-state index contributed by atoms with van der Waals surface area (Å²) in [6.07, 6.45) is 2.84. The summed E-state index contributed by atoms with van der Waals surface area (Å²) in [6.45, 7) is 9.72. The molecule has 1 aromatic rings. The maximum absolute atomic E-state index is 13.0. The fourth-order valence-corrected chi connectivity index (χ4v) is 4.51. The smallest absolute Gasteiger partial charge is 0.326 e. The molecule has 1 aliphatic heterocycles. The third kappa shape index (κ3) is 4.31. The summed E-state index contributed by atoms with van der Waals surface area (Å²) in [5.74, 6) is 0.286. The lowest BCUT2D eigenvalue weighted by Crippen LogP contribution is -2.43. The van der Waals surface area contributed by atoms with E-state index in [0.717, 1.165) is 29.7 Å². The molecule has 4 atom stereocenters. The van der Waals surface area contributed by atoms with E-state index < -0.39 is 23.4 Å². The number of imide groups is 1. The zero-order valence-corrected chi connectivity index (χ0v) is 18.0. The van der Waals surface area contributed by atoms with Crippen molar-refractivity contribution in [2.75, 3.05) is 6.54 Å². The maximum atomic E-state index is 13.0.